The first-order valence-corrected chi connectivity index (χ1v) is 3.99. The van der Waals surface area contributed by atoms with Crippen LogP contribution in [0.3, 0.4) is 0 Å². The number of nitrogens with two attached hydrogens (primary N) is 1. The Labute approximate surface area is 75.2 Å². The van der Waals surface area contributed by atoms with E-state index in [9.17, 15) is 4.39 Å². The van der Waals surface area contributed by atoms with Gasteiger partial charge in [0.2, 0.25) is 0 Å². The molecule has 2 rings (SSSR count). The van der Waals surface area contributed by atoms with Crippen molar-refractivity contribution in [2.24, 2.45) is 0 Å². The largest absolute Gasteiger partial charge is 0.383 e. The summed E-state index contributed by atoms with van der Waals surface area (Å²) in [6.45, 7) is 1.86. The first-order chi connectivity index (χ1) is 6.16. The Balaban J connectivity index is 2.87. The standard InChI is InChI=1S/C10H9FN2/c1-6-4-7-2-3-8(11)5-9(7)10(12)13-6/h2-5H,1H3,(H2,12,13). The second-order valence-electron chi connectivity index (χ2n) is 3.01. The van der Waals surface area contributed by atoms with E-state index in [4.69, 9.17) is 5.73 Å². The van der Waals surface area contributed by atoms with Crippen LogP contribution in [0.1, 0.15) is 5.69 Å². The summed E-state index contributed by atoms with van der Waals surface area (Å²) in [5.41, 5.74) is 6.49. The Morgan fingerprint density at radius 1 is 1.31 bits per heavy atom. The van der Waals surface area contributed by atoms with Gasteiger partial charge in [-0.15, -0.1) is 0 Å². The van der Waals surface area contributed by atoms with Gasteiger partial charge >= 0.3 is 0 Å². The molecule has 2 N–H and O–H groups in total. The van der Waals surface area contributed by atoms with Crippen LogP contribution in [0, 0.1) is 12.7 Å². The highest BCUT2D eigenvalue weighted by Crippen LogP contribution is 2.20. The minimum Gasteiger partial charge on any atom is -0.383 e. The average molecular weight is 176 g/mol. The van der Waals surface area contributed by atoms with Crippen LogP contribution in [0.25, 0.3) is 10.8 Å². The van der Waals surface area contributed by atoms with Gasteiger partial charge in [-0.25, -0.2) is 9.37 Å². The maximum Gasteiger partial charge on any atom is 0.131 e. The number of hydrogen-bond donors (Lipinski definition) is 1. The smallest absolute Gasteiger partial charge is 0.131 e. The molecular weight excluding hydrogens is 167 g/mol. The van der Waals surface area contributed by atoms with Gasteiger partial charge in [-0.2, -0.15) is 0 Å². The molecule has 0 amide bonds. The third kappa shape index (κ3) is 1.33. The molecule has 0 spiro atoms. The van der Waals surface area contributed by atoms with Crippen LogP contribution in [-0.2, 0) is 0 Å². The predicted molar refractivity (Wildman–Crippen MR) is 50.9 cm³/mol. The van der Waals surface area contributed by atoms with Gasteiger partial charge in [-0.1, -0.05) is 6.07 Å². The summed E-state index contributed by atoms with van der Waals surface area (Å²) in [4.78, 5) is 4.05. The summed E-state index contributed by atoms with van der Waals surface area (Å²) < 4.78 is 12.8. The summed E-state index contributed by atoms with van der Waals surface area (Å²) in [5.74, 6) is 0.0966. The third-order valence-corrected chi connectivity index (χ3v) is 1.95. The fraction of sp³-hybridized carbons (Fsp3) is 0.100. The van der Waals surface area contributed by atoms with Crippen LogP contribution in [0.15, 0.2) is 24.3 Å². The van der Waals surface area contributed by atoms with E-state index in [1.54, 1.807) is 6.07 Å². The van der Waals surface area contributed by atoms with E-state index in [1.807, 2.05) is 13.0 Å². The molecule has 0 bridgehead atoms. The van der Waals surface area contributed by atoms with Crippen molar-refractivity contribution in [3.05, 3.63) is 35.8 Å². The fourth-order valence-electron chi connectivity index (χ4n) is 1.38. The molecule has 1 heterocycles. The van der Waals surface area contributed by atoms with Crippen molar-refractivity contribution in [3.63, 3.8) is 0 Å². The molecule has 0 saturated carbocycles. The second kappa shape index (κ2) is 2.69. The van der Waals surface area contributed by atoms with Gasteiger partial charge in [-0.3, -0.25) is 0 Å². The van der Waals surface area contributed by atoms with Crippen molar-refractivity contribution in [3.8, 4) is 0 Å². The molecule has 1 aromatic carbocycles. The number of nitrogens with zero attached hydrogens (tertiary/aromatic N) is 1. The molecule has 66 valence electrons. The van der Waals surface area contributed by atoms with Gasteiger partial charge in [0, 0.05) is 11.1 Å². The van der Waals surface area contributed by atoms with Crippen molar-refractivity contribution >= 4 is 16.6 Å². The van der Waals surface area contributed by atoms with E-state index in [1.165, 1.54) is 12.1 Å². The van der Waals surface area contributed by atoms with E-state index >= 15 is 0 Å². The lowest BCUT2D eigenvalue weighted by Crippen LogP contribution is -1.94. The SMILES string of the molecule is Cc1cc2ccc(F)cc2c(N)n1. The van der Waals surface area contributed by atoms with Gasteiger partial charge in [0.15, 0.2) is 0 Å². The average Bonchev–Trinajstić information content (AvgIpc) is 2.06. The Morgan fingerprint density at radius 3 is 2.85 bits per heavy atom. The number of aryl methyl sites for hydroxylation is 1. The van der Waals surface area contributed by atoms with Crippen LogP contribution in [0.4, 0.5) is 10.2 Å². The normalized spacial score (nSPS) is 10.6. The highest BCUT2D eigenvalue weighted by molar-refractivity contribution is 5.91. The van der Waals surface area contributed by atoms with Crippen LogP contribution in [0.5, 0.6) is 0 Å². The molecule has 2 nitrogen and oxygen atoms in total. The van der Waals surface area contributed by atoms with Gasteiger partial charge in [0.25, 0.3) is 0 Å². The summed E-state index contributed by atoms with van der Waals surface area (Å²) >= 11 is 0. The Hall–Kier alpha value is -1.64. The van der Waals surface area contributed by atoms with E-state index < -0.39 is 0 Å². The number of rotatable bonds is 0. The maximum absolute atomic E-state index is 12.8. The number of fused-ring (bicyclic) bond motifs is 1. The zero-order chi connectivity index (χ0) is 9.42. The van der Waals surface area contributed by atoms with Crippen molar-refractivity contribution < 1.29 is 4.39 Å². The number of pyridine rings is 1. The van der Waals surface area contributed by atoms with Crippen molar-refractivity contribution in [2.45, 2.75) is 6.92 Å². The number of hydrogen-bond acceptors (Lipinski definition) is 2. The predicted octanol–water partition coefficient (Wildman–Crippen LogP) is 2.26. The van der Waals surface area contributed by atoms with Crippen molar-refractivity contribution in [1.82, 2.24) is 4.98 Å². The van der Waals surface area contributed by atoms with Gasteiger partial charge < -0.3 is 5.73 Å². The maximum atomic E-state index is 12.8. The second-order valence-corrected chi connectivity index (χ2v) is 3.01. The fourth-order valence-corrected chi connectivity index (χ4v) is 1.38. The van der Waals surface area contributed by atoms with Crippen LogP contribution in [-0.4, -0.2) is 4.98 Å². The topological polar surface area (TPSA) is 38.9 Å². The minimum atomic E-state index is -0.287. The van der Waals surface area contributed by atoms with Crippen molar-refractivity contribution in [2.75, 3.05) is 5.73 Å². The molecule has 0 fully saturated rings. The summed E-state index contributed by atoms with van der Waals surface area (Å²) in [6.07, 6.45) is 0. The first-order valence-electron chi connectivity index (χ1n) is 3.99. The molecule has 0 radical (unpaired) electrons. The number of nitrogen functional groups attached to an aromatic ring is 1. The van der Waals surface area contributed by atoms with E-state index in [2.05, 4.69) is 4.98 Å². The lowest BCUT2D eigenvalue weighted by atomic mass is 10.1. The Kier molecular flexibility index (Phi) is 1.65. The molecule has 0 aliphatic carbocycles. The lowest BCUT2D eigenvalue weighted by Gasteiger charge is -2.02. The molecule has 2 aromatic rings. The molecule has 13 heavy (non-hydrogen) atoms. The van der Waals surface area contributed by atoms with Gasteiger partial charge in [0.05, 0.1) is 0 Å². The quantitative estimate of drug-likeness (QED) is 0.668. The summed E-state index contributed by atoms with van der Waals surface area (Å²) in [6, 6.07) is 6.40. The highest BCUT2D eigenvalue weighted by Gasteiger charge is 2.01. The third-order valence-electron chi connectivity index (χ3n) is 1.95. The van der Waals surface area contributed by atoms with Gasteiger partial charge in [0.1, 0.15) is 11.6 Å². The zero-order valence-electron chi connectivity index (χ0n) is 7.21. The Bertz CT molecular complexity index is 466. The lowest BCUT2D eigenvalue weighted by molar-refractivity contribution is 0.629. The van der Waals surface area contributed by atoms with Crippen LogP contribution in [0.2, 0.25) is 0 Å². The molecule has 0 aliphatic heterocycles. The summed E-state index contributed by atoms with van der Waals surface area (Å²) in [5, 5.41) is 1.59. The number of aromatic nitrogens is 1. The Morgan fingerprint density at radius 2 is 2.08 bits per heavy atom. The molecular formula is C10H9FN2. The van der Waals surface area contributed by atoms with Gasteiger partial charge in [-0.05, 0) is 30.5 Å². The zero-order valence-corrected chi connectivity index (χ0v) is 7.21. The van der Waals surface area contributed by atoms with Crippen LogP contribution < -0.4 is 5.73 Å². The number of benzene rings is 1. The highest BCUT2D eigenvalue weighted by atomic mass is 19.1. The summed E-state index contributed by atoms with van der Waals surface area (Å²) in [7, 11) is 0. The van der Waals surface area contributed by atoms with E-state index in [0.29, 0.717) is 11.2 Å². The monoisotopic (exact) mass is 176 g/mol. The van der Waals surface area contributed by atoms with E-state index in [-0.39, 0.29) is 5.82 Å². The van der Waals surface area contributed by atoms with Crippen molar-refractivity contribution in [1.29, 1.82) is 0 Å². The first kappa shape index (κ1) is 7.98. The molecule has 0 unspecified atom stereocenters. The van der Waals surface area contributed by atoms with E-state index in [0.717, 1.165) is 11.1 Å². The molecule has 0 atom stereocenters. The molecule has 0 aliphatic rings. The molecule has 3 heteroatoms. The number of anilines is 1. The molecule has 0 saturated heterocycles. The van der Waals surface area contributed by atoms with Crippen LogP contribution >= 0.6 is 0 Å². The minimum absolute atomic E-state index is 0.287. The molecule has 1 aromatic heterocycles. The number of halogens is 1.